The topological polar surface area (TPSA) is 9.23 Å². The van der Waals surface area contributed by atoms with Crippen LogP contribution in [0.5, 0.6) is 5.75 Å². The first-order chi connectivity index (χ1) is 5.36. The highest BCUT2D eigenvalue weighted by atomic mass is 16.5. The molecule has 2 radical (unpaired) electrons. The summed E-state index contributed by atoms with van der Waals surface area (Å²) >= 11 is 0. The molecule has 0 N–H and O–H groups in total. The Kier molecular flexibility index (Phi) is 2.96. The van der Waals surface area contributed by atoms with Crippen LogP contribution in [-0.2, 0) is 6.42 Å². The average molecular weight is 148 g/mol. The molecule has 0 spiro atoms. The van der Waals surface area contributed by atoms with Gasteiger partial charge in [0.1, 0.15) is 5.75 Å². The summed E-state index contributed by atoms with van der Waals surface area (Å²) in [6.07, 6.45) is 0.590. The van der Waals surface area contributed by atoms with Crippen molar-refractivity contribution in [2.45, 2.75) is 13.3 Å². The molecule has 1 heteroatoms. The van der Waals surface area contributed by atoms with Crippen LogP contribution in [-0.4, -0.2) is 6.61 Å². The fourth-order valence-corrected chi connectivity index (χ4v) is 0.888. The Bertz CT molecular complexity index is 201. The third-order valence-corrected chi connectivity index (χ3v) is 1.47. The largest absolute Gasteiger partial charge is 0.494 e. The van der Waals surface area contributed by atoms with Gasteiger partial charge in [0.2, 0.25) is 0 Å². The molecule has 1 aromatic rings. The van der Waals surface area contributed by atoms with Crippen molar-refractivity contribution >= 4 is 0 Å². The zero-order chi connectivity index (χ0) is 8.10. The SMILES string of the molecule is [CH]Cc1ccc(OCC)cc1. The smallest absolute Gasteiger partial charge is 0.119 e. The molecule has 0 amide bonds. The zero-order valence-electron chi connectivity index (χ0n) is 6.71. The summed E-state index contributed by atoms with van der Waals surface area (Å²) in [4.78, 5) is 0. The first kappa shape index (κ1) is 8.12. The van der Waals surface area contributed by atoms with Gasteiger partial charge >= 0.3 is 0 Å². The third-order valence-electron chi connectivity index (χ3n) is 1.47. The van der Waals surface area contributed by atoms with Gasteiger partial charge in [0.05, 0.1) is 6.61 Å². The first-order valence-electron chi connectivity index (χ1n) is 3.78. The first-order valence-corrected chi connectivity index (χ1v) is 3.78. The lowest BCUT2D eigenvalue weighted by molar-refractivity contribution is 0.340. The minimum atomic E-state index is 0.590. The summed E-state index contributed by atoms with van der Waals surface area (Å²) in [5, 5.41) is 0. The maximum atomic E-state index is 5.43. The van der Waals surface area contributed by atoms with Gasteiger partial charge in [0.15, 0.2) is 0 Å². The number of hydrogen-bond acceptors (Lipinski definition) is 1. The van der Waals surface area contributed by atoms with Crippen LogP contribution in [0.1, 0.15) is 12.5 Å². The van der Waals surface area contributed by atoms with E-state index < -0.39 is 0 Å². The predicted octanol–water partition coefficient (Wildman–Crippen LogP) is 2.34. The van der Waals surface area contributed by atoms with Gasteiger partial charge in [-0.05, 0) is 38.0 Å². The van der Waals surface area contributed by atoms with E-state index in [0.29, 0.717) is 13.0 Å². The van der Waals surface area contributed by atoms with E-state index in [1.807, 2.05) is 31.2 Å². The maximum absolute atomic E-state index is 5.43. The standard InChI is InChI=1S/C10H12O/c1-3-9-5-7-10(8-6-9)11-4-2/h1,5-8H,3-4H2,2H3. The molecule has 0 bridgehead atoms. The summed E-state index contributed by atoms with van der Waals surface area (Å²) < 4.78 is 5.26. The maximum Gasteiger partial charge on any atom is 0.119 e. The molecule has 0 saturated heterocycles. The molecule has 11 heavy (non-hydrogen) atoms. The molecule has 58 valence electrons. The lowest BCUT2D eigenvalue weighted by Crippen LogP contribution is -1.90. The highest BCUT2D eigenvalue weighted by molar-refractivity contribution is 5.27. The Morgan fingerprint density at radius 1 is 1.27 bits per heavy atom. The molecule has 0 aliphatic heterocycles. The van der Waals surface area contributed by atoms with Gasteiger partial charge < -0.3 is 4.74 Å². The second kappa shape index (κ2) is 4.02. The van der Waals surface area contributed by atoms with Crippen LogP contribution in [0.2, 0.25) is 0 Å². The molecular formula is C10H12O. The van der Waals surface area contributed by atoms with Crippen molar-refractivity contribution in [3.8, 4) is 5.75 Å². The van der Waals surface area contributed by atoms with Crippen molar-refractivity contribution in [2.24, 2.45) is 0 Å². The van der Waals surface area contributed by atoms with E-state index in [1.54, 1.807) is 0 Å². The van der Waals surface area contributed by atoms with Gasteiger partial charge in [-0.1, -0.05) is 12.1 Å². The Balaban J connectivity index is 2.66. The van der Waals surface area contributed by atoms with E-state index >= 15 is 0 Å². The second-order valence-electron chi connectivity index (χ2n) is 2.28. The molecule has 0 unspecified atom stereocenters. The van der Waals surface area contributed by atoms with Crippen LogP contribution in [0.3, 0.4) is 0 Å². The van der Waals surface area contributed by atoms with Gasteiger partial charge in [-0.15, -0.1) is 0 Å². The molecule has 0 aromatic heterocycles. The van der Waals surface area contributed by atoms with Crippen molar-refractivity contribution in [2.75, 3.05) is 6.61 Å². The fourth-order valence-electron chi connectivity index (χ4n) is 0.888. The van der Waals surface area contributed by atoms with Crippen LogP contribution >= 0.6 is 0 Å². The Hall–Kier alpha value is -0.980. The quantitative estimate of drug-likeness (QED) is 0.639. The summed E-state index contributed by atoms with van der Waals surface area (Å²) in [6, 6.07) is 7.83. The highest BCUT2D eigenvalue weighted by Gasteiger charge is 1.90. The molecule has 0 saturated carbocycles. The summed E-state index contributed by atoms with van der Waals surface area (Å²) in [5.41, 5.74) is 1.13. The van der Waals surface area contributed by atoms with E-state index in [-0.39, 0.29) is 0 Å². The minimum absolute atomic E-state index is 0.590. The Morgan fingerprint density at radius 2 is 1.91 bits per heavy atom. The van der Waals surface area contributed by atoms with Crippen LogP contribution in [0, 0.1) is 6.92 Å². The molecule has 0 heterocycles. The summed E-state index contributed by atoms with van der Waals surface area (Å²) in [5.74, 6) is 0.907. The molecule has 0 fully saturated rings. The number of benzene rings is 1. The van der Waals surface area contributed by atoms with Gasteiger partial charge in [-0.25, -0.2) is 0 Å². The minimum Gasteiger partial charge on any atom is -0.494 e. The molecule has 1 aromatic carbocycles. The van der Waals surface area contributed by atoms with E-state index in [9.17, 15) is 0 Å². The van der Waals surface area contributed by atoms with Crippen molar-refractivity contribution in [3.63, 3.8) is 0 Å². The van der Waals surface area contributed by atoms with Crippen LogP contribution < -0.4 is 4.74 Å². The zero-order valence-corrected chi connectivity index (χ0v) is 6.71. The molecule has 1 nitrogen and oxygen atoms in total. The predicted molar refractivity (Wildman–Crippen MR) is 45.6 cm³/mol. The van der Waals surface area contributed by atoms with Crippen LogP contribution in [0.15, 0.2) is 24.3 Å². The third kappa shape index (κ3) is 2.26. The molecular weight excluding hydrogens is 136 g/mol. The second-order valence-corrected chi connectivity index (χ2v) is 2.28. The van der Waals surface area contributed by atoms with E-state index in [0.717, 1.165) is 11.3 Å². The number of hydrogen-bond donors (Lipinski definition) is 0. The van der Waals surface area contributed by atoms with Gasteiger partial charge in [0.25, 0.3) is 0 Å². The van der Waals surface area contributed by atoms with Gasteiger partial charge in [-0.2, -0.15) is 0 Å². The van der Waals surface area contributed by atoms with E-state index in [2.05, 4.69) is 0 Å². The van der Waals surface area contributed by atoms with Crippen LogP contribution in [0.25, 0.3) is 0 Å². The van der Waals surface area contributed by atoms with E-state index in [4.69, 9.17) is 11.7 Å². The lowest BCUT2D eigenvalue weighted by atomic mass is 10.2. The number of ether oxygens (including phenoxy) is 1. The number of rotatable bonds is 3. The van der Waals surface area contributed by atoms with Crippen molar-refractivity contribution in [1.82, 2.24) is 0 Å². The molecule has 0 aliphatic rings. The van der Waals surface area contributed by atoms with Crippen LogP contribution in [0.4, 0.5) is 0 Å². The monoisotopic (exact) mass is 148 g/mol. The highest BCUT2D eigenvalue weighted by Crippen LogP contribution is 2.11. The summed E-state index contributed by atoms with van der Waals surface area (Å²) in [6.45, 7) is 8.11. The van der Waals surface area contributed by atoms with Crippen molar-refractivity contribution in [1.29, 1.82) is 0 Å². The van der Waals surface area contributed by atoms with Gasteiger partial charge in [-0.3, -0.25) is 0 Å². The normalized spacial score (nSPS) is 9.64. The van der Waals surface area contributed by atoms with Crippen molar-refractivity contribution in [3.05, 3.63) is 36.8 Å². The Labute approximate surface area is 68.0 Å². The lowest BCUT2D eigenvalue weighted by Gasteiger charge is -2.02. The molecule has 1 rings (SSSR count). The molecule has 0 atom stereocenters. The average Bonchev–Trinajstić information content (AvgIpc) is 2.07. The fraction of sp³-hybridized carbons (Fsp3) is 0.300. The van der Waals surface area contributed by atoms with Crippen molar-refractivity contribution < 1.29 is 4.74 Å². The summed E-state index contributed by atoms with van der Waals surface area (Å²) in [7, 11) is 0. The molecule has 0 aliphatic carbocycles. The Morgan fingerprint density at radius 3 is 2.36 bits per heavy atom. The van der Waals surface area contributed by atoms with E-state index in [1.165, 1.54) is 0 Å². The van der Waals surface area contributed by atoms with Gasteiger partial charge in [0, 0.05) is 0 Å².